The van der Waals surface area contributed by atoms with Gasteiger partial charge in [-0.1, -0.05) is 33.6 Å². The summed E-state index contributed by atoms with van der Waals surface area (Å²) in [6.07, 6.45) is 1.34. The Morgan fingerprint density at radius 1 is 1.16 bits per heavy atom. The van der Waals surface area contributed by atoms with Crippen LogP contribution in [0, 0.1) is 6.92 Å². The van der Waals surface area contributed by atoms with E-state index in [9.17, 15) is 22.8 Å². The number of hydrogen-bond donors (Lipinski definition) is 0. The maximum absolute atomic E-state index is 12.7. The van der Waals surface area contributed by atoms with Gasteiger partial charge in [-0.25, -0.2) is 0 Å². The molecule has 0 spiro atoms. The summed E-state index contributed by atoms with van der Waals surface area (Å²) in [6.45, 7) is 1.32. The second kappa shape index (κ2) is 9.25. The standard InChI is InChI=1S/C20H16BrNO7S2/c1-12-3-6-15(7-4-12)31(26,27)29-16-8-5-14(21)9-13(16)10-17-19(24)22(20(25)30-17)11-18(23)28-2/h3-10H,11H2,1-2H3/b17-10-. The lowest BCUT2D eigenvalue weighted by molar-refractivity contribution is -0.143. The minimum atomic E-state index is -4.13. The van der Waals surface area contributed by atoms with E-state index < -0.39 is 33.8 Å². The van der Waals surface area contributed by atoms with E-state index in [1.807, 2.05) is 6.92 Å². The smallest absolute Gasteiger partial charge is 0.339 e. The molecule has 1 aliphatic rings. The van der Waals surface area contributed by atoms with Gasteiger partial charge in [-0.3, -0.25) is 19.3 Å². The average Bonchev–Trinajstić information content (AvgIpc) is 2.97. The van der Waals surface area contributed by atoms with Crippen molar-refractivity contribution >= 4 is 61.0 Å². The molecular weight excluding hydrogens is 510 g/mol. The molecule has 2 aromatic carbocycles. The summed E-state index contributed by atoms with van der Waals surface area (Å²) < 4.78 is 35.7. The monoisotopic (exact) mass is 525 g/mol. The third-order valence-corrected chi connectivity index (χ3v) is 6.81. The normalized spacial score (nSPS) is 15.5. The lowest BCUT2D eigenvalue weighted by Crippen LogP contribution is -2.34. The Bertz CT molecular complexity index is 1190. The van der Waals surface area contributed by atoms with Gasteiger partial charge in [0.2, 0.25) is 0 Å². The van der Waals surface area contributed by atoms with Gasteiger partial charge in [-0.05, 0) is 55.1 Å². The maximum atomic E-state index is 12.7. The number of esters is 1. The van der Waals surface area contributed by atoms with Gasteiger partial charge in [-0.2, -0.15) is 8.42 Å². The molecule has 0 N–H and O–H groups in total. The van der Waals surface area contributed by atoms with E-state index in [-0.39, 0.29) is 21.1 Å². The second-order valence-electron chi connectivity index (χ2n) is 6.38. The SMILES string of the molecule is COC(=O)CN1C(=O)S/C(=C\c2cc(Br)ccc2OS(=O)(=O)c2ccc(C)cc2)C1=O. The van der Waals surface area contributed by atoms with Crippen LogP contribution in [0.4, 0.5) is 4.79 Å². The minimum Gasteiger partial charge on any atom is -0.468 e. The Hall–Kier alpha value is -2.63. The van der Waals surface area contributed by atoms with E-state index in [0.717, 1.165) is 17.6 Å². The molecule has 0 atom stereocenters. The molecule has 0 unspecified atom stereocenters. The summed E-state index contributed by atoms with van der Waals surface area (Å²) in [5, 5.41) is -0.633. The highest BCUT2D eigenvalue weighted by atomic mass is 79.9. The molecule has 11 heteroatoms. The predicted octanol–water partition coefficient (Wildman–Crippen LogP) is 3.73. The first-order chi connectivity index (χ1) is 14.6. The van der Waals surface area contributed by atoms with E-state index in [4.69, 9.17) is 4.18 Å². The Balaban J connectivity index is 1.94. The highest BCUT2D eigenvalue weighted by molar-refractivity contribution is 9.10. The number of methoxy groups -OCH3 is 1. The van der Waals surface area contributed by atoms with Crippen LogP contribution < -0.4 is 4.18 Å². The van der Waals surface area contributed by atoms with Gasteiger partial charge in [0.05, 0.1) is 12.0 Å². The molecule has 0 bridgehead atoms. The Morgan fingerprint density at radius 2 is 1.84 bits per heavy atom. The highest BCUT2D eigenvalue weighted by Gasteiger charge is 2.36. The predicted molar refractivity (Wildman–Crippen MR) is 118 cm³/mol. The molecule has 8 nitrogen and oxygen atoms in total. The van der Waals surface area contributed by atoms with Crippen LogP contribution in [0.5, 0.6) is 5.75 Å². The van der Waals surface area contributed by atoms with Crippen molar-refractivity contribution < 1.29 is 31.7 Å². The Morgan fingerprint density at radius 3 is 2.48 bits per heavy atom. The first-order valence-electron chi connectivity index (χ1n) is 8.73. The van der Waals surface area contributed by atoms with Crippen molar-refractivity contribution in [3.05, 3.63) is 63.0 Å². The second-order valence-corrected chi connectivity index (χ2v) is 9.83. The van der Waals surface area contributed by atoms with E-state index in [1.54, 1.807) is 24.3 Å². The number of imide groups is 1. The molecule has 2 aromatic rings. The fraction of sp³-hybridized carbons (Fsp3) is 0.150. The van der Waals surface area contributed by atoms with Gasteiger partial charge in [0.1, 0.15) is 17.2 Å². The number of rotatable bonds is 6. The molecule has 1 fully saturated rings. The van der Waals surface area contributed by atoms with Crippen LogP contribution >= 0.6 is 27.7 Å². The third kappa shape index (κ3) is 5.35. The fourth-order valence-corrected chi connectivity index (χ4v) is 4.71. The first kappa shape index (κ1) is 23.0. The number of aryl methyl sites for hydroxylation is 1. The van der Waals surface area contributed by atoms with Crippen LogP contribution in [0.1, 0.15) is 11.1 Å². The topological polar surface area (TPSA) is 107 Å². The summed E-state index contributed by atoms with van der Waals surface area (Å²) in [5.74, 6) is -1.45. The van der Waals surface area contributed by atoms with Crippen molar-refractivity contribution in [2.24, 2.45) is 0 Å². The van der Waals surface area contributed by atoms with Crippen molar-refractivity contribution in [1.29, 1.82) is 0 Å². The molecule has 162 valence electrons. The summed E-state index contributed by atoms with van der Waals surface area (Å²) >= 11 is 3.92. The van der Waals surface area contributed by atoms with E-state index in [2.05, 4.69) is 20.7 Å². The molecule has 3 rings (SSSR count). The third-order valence-electron chi connectivity index (χ3n) is 4.16. The molecular formula is C20H16BrNO7S2. The number of ether oxygens (including phenoxy) is 1. The van der Waals surface area contributed by atoms with Crippen LogP contribution in [0.3, 0.4) is 0 Å². The van der Waals surface area contributed by atoms with Crippen molar-refractivity contribution in [1.82, 2.24) is 4.90 Å². The quantitative estimate of drug-likeness (QED) is 0.319. The number of carbonyl (C=O) groups excluding carboxylic acids is 3. The molecule has 31 heavy (non-hydrogen) atoms. The van der Waals surface area contributed by atoms with Gasteiger partial charge in [-0.15, -0.1) is 0 Å². The largest absolute Gasteiger partial charge is 0.468 e. The van der Waals surface area contributed by atoms with E-state index in [0.29, 0.717) is 16.2 Å². The van der Waals surface area contributed by atoms with E-state index >= 15 is 0 Å². The fourth-order valence-electron chi connectivity index (χ4n) is 2.55. The van der Waals surface area contributed by atoms with E-state index in [1.165, 1.54) is 24.3 Å². The summed E-state index contributed by atoms with van der Waals surface area (Å²) in [4.78, 5) is 36.9. The summed E-state index contributed by atoms with van der Waals surface area (Å²) in [7, 11) is -2.98. The molecule has 1 saturated heterocycles. The highest BCUT2D eigenvalue weighted by Crippen LogP contribution is 2.35. The van der Waals surface area contributed by atoms with Crippen molar-refractivity contribution in [3.63, 3.8) is 0 Å². The summed E-state index contributed by atoms with van der Waals surface area (Å²) in [6, 6.07) is 10.7. The molecule has 1 aliphatic heterocycles. The molecule has 0 radical (unpaired) electrons. The lowest BCUT2D eigenvalue weighted by atomic mass is 10.2. The first-order valence-corrected chi connectivity index (χ1v) is 11.8. The van der Waals surface area contributed by atoms with Crippen LogP contribution in [0.15, 0.2) is 56.7 Å². The maximum Gasteiger partial charge on any atom is 0.339 e. The van der Waals surface area contributed by atoms with Gasteiger partial charge in [0, 0.05) is 10.0 Å². The lowest BCUT2D eigenvalue weighted by Gasteiger charge is -2.11. The zero-order valence-corrected chi connectivity index (χ0v) is 19.5. The number of halogens is 1. The van der Waals surface area contributed by atoms with Crippen molar-refractivity contribution in [2.45, 2.75) is 11.8 Å². The minimum absolute atomic E-state index is 0.0181. The van der Waals surface area contributed by atoms with Crippen LogP contribution in [-0.2, 0) is 24.4 Å². The zero-order chi connectivity index (χ0) is 22.8. The average molecular weight is 526 g/mol. The molecule has 0 aromatic heterocycles. The number of hydrogen-bond acceptors (Lipinski definition) is 8. The number of amides is 2. The van der Waals surface area contributed by atoms with Crippen molar-refractivity contribution in [2.75, 3.05) is 13.7 Å². The number of nitrogens with zero attached hydrogens (tertiary/aromatic N) is 1. The molecule has 2 amide bonds. The van der Waals surface area contributed by atoms with Crippen LogP contribution in [0.2, 0.25) is 0 Å². The number of carbonyl (C=O) groups is 3. The molecule has 0 saturated carbocycles. The van der Waals surface area contributed by atoms with Crippen LogP contribution in [-0.4, -0.2) is 44.1 Å². The molecule has 1 heterocycles. The van der Waals surface area contributed by atoms with Crippen molar-refractivity contribution in [3.8, 4) is 5.75 Å². The number of benzene rings is 2. The zero-order valence-electron chi connectivity index (χ0n) is 16.3. The van der Waals surface area contributed by atoms with Gasteiger partial charge < -0.3 is 8.92 Å². The van der Waals surface area contributed by atoms with Crippen LogP contribution in [0.25, 0.3) is 6.08 Å². The molecule has 0 aliphatic carbocycles. The Kier molecular flexibility index (Phi) is 6.87. The number of thioether (sulfide) groups is 1. The van der Waals surface area contributed by atoms with Gasteiger partial charge >= 0.3 is 16.1 Å². The Labute approximate surface area is 191 Å². The summed E-state index contributed by atoms with van der Waals surface area (Å²) in [5.41, 5.74) is 1.15. The van der Waals surface area contributed by atoms with Gasteiger partial charge in [0.25, 0.3) is 11.1 Å². The van der Waals surface area contributed by atoms with Gasteiger partial charge in [0.15, 0.2) is 0 Å².